The highest BCUT2D eigenvalue weighted by atomic mass is 32.1. The van der Waals surface area contributed by atoms with Gasteiger partial charge in [0.25, 0.3) is 0 Å². The van der Waals surface area contributed by atoms with E-state index in [0.717, 1.165) is 10.6 Å². The van der Waals surface area contributed by atoms with Crippen LogP contribution in [0.4, 0.5) is 15.8 Å². The number of aromatic nitrogens is 1. The standard InChI is InChI=1S/C18H15FN2O3S/c1-24-17-7-6-14(8-16(17)19)21(10-15-9-20-11-25-15)13-4-2-12(3-5-13)18(22)23/h2-9,11H,10H2,1H3,(H,22,23). The second kappa shape index (κ2) is 7.31. The molecule has 0 aliphatic heterocycles. The first-order chi connectivity index (χ1) is 12.1. The number of hydrogen-bond donors (Lipinski definition) is 1. The largest absolute Gasteiger partial charge is 0.494 e. The Bertz CT molecular complexity index is 867. The molecule has 0 fully saturated rings. The van der Waals surface area contributed by atoms with Gasteiger partial charge in [0.05, 0.1) is 24.7 Å². The van der Waals surface area contributed by atoms with Gasteiger partial charge < -0.3 is 14.7 Å². The molecule has 0 saturated carbocycles. The molecule has 3 aromatic rings. The molecule has 0 aliphatic carbocycles. The number of nitrogens with zero attached hydrogens (tertiary/aromatic N) is 2. The molecule has 1 heterocycles. The van der Waals surface area contributed by atoms with Crippen molar-refractivity contribution in [2.45, 2.75) is 6.54 Å². The van der Waals surface area contributed by atoms with Crippen LogP contribution in [0.25, 0.3) is 0 Å². The summed E-state index contributed by atoms with van der Waals surface area (Å²) < 4.78 is 19.1. The van der Waals surface area contributed by atoms with Gasteiger partial charge in [-0.15, -0.1) is 11.3 Å². The van der Waals surface area contributed by atoms with Gasteiger partial charge in [0, 0.05) is 28.5 Å². The number of methoxy groups -OCH3 is 1. The zero-order chi connectivity index (χ0) is 17.8. The summed E-state index contributed by atoms with van der Waals surface area (Å²) in [5.74, 6) is -1.28. The van der Waals surface area contributed by atoms with Crippen LogP contribution in [0.5, 0.6) is 5.75 Å². The number of aromatic carboxylic acids is 1. The average Bonchev–Trinajstić information content (AvgIpc) is 3.13. The summed E-state index contributed by atoms with van der Waals surface area (Å²) in [5, 5.41) is 9.05. The Morgan fingerprint density at radius 1 is 1.24 bits per heavy atom. The van der Waals surface area contributed by atoms with Gasteiger partial charge in [-0.1, -0.05) is 0 Å². The molecule has 0 amide bonds. The van der Waals surface area contributed by atoms with Crippen molar-refractivity contribution >= 4 is 28.7 Å². The topological polar surface area (TPSA) is 62.7 Å². The fourth-order valence-corrected chi connectivity index (χ4v) is 3.00. The van der Waals surface area contributed by atoms with Gasteiger partial charge in [-0.3, -0.25) is 4.98 Å². The van der Waals surface area contributed by atoms with E-state index in [1.807, 2.05) is 4.90 Å². The molecule has 0 bridgehead atoms. The lowest BCUT2D eigenvalue weighted by molar-refractivity contribution is 0.0697. The van der Waals surface area contributed by atoms with Crippen LogP contribution in [0.1, 0.15) is 15.2 Å². The highest BCUT2D eigenvalue weighted by Gasteiger charge is 2.15. The van der Waals surface area contributed by atoms with Gasteiger partial charge in [0.2, 0.25) is 0 Å². The van der Waals surface area contributed by atoms with Crippen LogP contribution in [-0.4, -0.2) is 23.2 Å². The normalized spacial score (nSPS) is 10.5. The number of benzene rings is 2. The molecule has 1 N–H and O–H groups in total. The van der Waals surface area contributed by atoms with Crippen molar-refractivity contribution in [3.8, 4) is 5.75 Å². The Morgan fingerprint density at radius 2 is 1.96 bits per heavy atom. The van der Waals surface area contributed by atoms with Crippen LogP contribution in [-0.2, 0) is 6.54 Å². The van der Waals surface area contributed by atoms with E-state index in [2.05, 4.69) is 4.98 Å². The third-order valence-corrected chi connectivity index (χ3v) is 4.43. The van der Waals surface area contributed by atoms with Crippen molar-refractivity contribution in [2.75, 3.05) is 12.0 Å². The average molecular weight is 358 g/mol. The fraction of sp³-hybridized carbons (Fsp3) is 0.111. The van der Waals surface area contributed by atoms with E-state index in [1.54, 1.807) is 36.0 Å². The molecule has 25 heavy (non-hydrogen) atoms. The predicted molar refractivity (Wildman–Crippen MR) is 94.3 cm³/mol. The number of halogens is 1. The number of carboxylic acids is 1. The first kappa shape index (κ1) is 16.9. The molecular formula is C18H15FN2O3S. The highest BCUT2D eigenvalue weighted by molar-refractivity contribution is 7.09. The maximum atomic E-state index is 14.1. The Hall–Kier alpha value is -2.93. The SMILES string of the molecule is COc1ccc(N(Cc2cncs2)c2ccc(C(=O)O)cc2)cc1F. The summed E-state index contributed by atoms with van der Waals surface area (Å²) >= 11 is 1.50. The Morgan fingerprint density at radius 3 is 2.52 bits per heavy atom. The van der Waals surface area contributed by atoms with Crippen molar-refractivity contribution in [3.05, 3.63) is 70.4 Å². The van der Waals surface area contributed by atoms with Gasteiger partial charge >= 0.3 is 5.97 Å². The van der Waals surface area contributed by atoms with E-state index >= 15 is 0 Å². The lowest BCUT2D eigenvalue weighted by Crippen LogP contribution is -2.16. The third-order valence-electron chi connectivity index (χ3n) is 3.67. The number of thiazole rings is 1. The van der Waals surface area contributed by atoms with Crippen molar-refractivity contribution < 1.29 is 19.0 Å². The molecule has 128 valence electrons. The summed E-state index contributed by atoms with van der Waals surface area (Å²) in [6.45, 7) is 0.489. The second-order valence-corrected chi connectivity index (χ2v) is 6.20. The molecule has 0 spiro atoms. The maximum absolute atomic E-state index is 14.1. The van der Waals surface area contributed by atoms with E-state index in [9.17, 15) is 9.18 Å². The van der Waals surface area contributed by atoms with Crippen LogP contribution in [0, 0.1) is 5.82 Å². The quantitative estimate of drug-likeness (QED) is 0.711. The summed E-state index contributed by atoms with van der Waals surface area (Å²) in [6.07, 6.45) is 1.75. The summed E-state index contributed by atoms with van der Waals surface area (Å²) in [7, 11) is 1.41. The minimum Gasteiger partial charge on any atom is -0.494 e. The highest BCUT2D eigenvalue weighted by Crippen LogP contribution is 2.31. The van der Waals surface area contributed by atoms with E-state index in [4.69, 9.17) is 9.84 Å². The van der Waals surface area contributed by atoms with Crippen LogP contribution < -0.4 is 9.64 Å². The van der Waals surface area contributed by atoms with Gasteiger partial charge in [-0.05, 0) is 36.4 Å². The van der Waals surface area contributed by atoms with E-state index < -0.39 is 11.8 Å². The molecular weight excluding hydrogens is 343 g/mol. The van der Waals surface area contributed by atoms with Crippen molar-refractivity contribution in [1.82, 2.24) is 4.98 Å². The molecule has 2 aromatic carbocycles. The van der Waals surface area contributed by atoms with Crippen LogP contribution in [0.3, 0.4) is 0 Å². The lowest BCUT2D eigenvalue weighted by Gasteiger charge is -2.25. The molecule has 7 heteroatoms. The van der Waals surface area contributed by atoms with Gasteiger partial charge in [0.15, 0.2) is 11.6 Å². The molecule has 0 unspecified atom stereocenters. The van der Waals surface area contributed by atoms with Gasteiger partial charge in [0.1, 0.15) is 0 Å². The van der Waals surface area contributed by atoms with Crippen molar-refractivity contribution in [3.63, 3.8) is 0 Å². The summed E-state index contributed by atoms with van der Waals surface area (Å²) in [5.41, 5.74) is 3.32. The molecule has 0 radical (unpaired) electrons. The second-order valence-electron chi connectivity index (χ2n) is 5.22. The van der Waals surface area contributed by atoms with E-state index in [-0.39, 0.29) is 11.3 Å². The number of carbonyl (C=O) groups is 1. The first-order valence-electron chi connectivity index (χ1n) is 7.40. The Balaban J connectivity index is 2.00. The predicted octanol–water partition coefficient (Wildman–Crippen LogP) is 4.33. The Kier molecular flexibility index (Phi) is 4.95. The zero-order valence-electron chi connectivity index (χ0n) is 13.3. The monoisotopic (exact) mass is 358 g/mol. The number of carboxylic acid groups (broad SMARTS) is 1. The maximum Gasteiger partial charge on any atom is 0.335 e. The van der Waals surface area contributed by atoms with E-state index in [1.165, 1.54) is 36.6 Å². The molecule has 0 atom stereocenters. The lowest BCUT2D eigenvalue weighted by atomic mass is 10.1. The molecule has 0 aliphatic rings. The van der Waals surface area contributed by atoms with E-state index in [0.29, 0.717) is 12.2 Å². The van der Waals surface area contributed by atoms with Crippen LogP contribution >= 0.6 is 11.3 Å². The third kappa shape index (κ3) is 3.77. The fourth-order valence-electron chi connectivity index (χ4n) is 2.41. The van der Waals surface area contributed by atoms with Crippen LogP contribution in [0.15, 0.2) is 54.2 Å². The van der Waals surface area contributed by atoms with Gasteiger partial charge in [-0.25, -0.2) is 9.18 Å². The minimum absolute atomic E-state index is 0.169. The zero-order valence-corrected chi connectivity index (χ0v) is 14.2. The smallest absolute Gasteiger partial charge is 0.335 e. The van der Waals surface area contributed by atoms with Crippen molar-refractivity contribution in [1.29, 1.82) is 0 Å². The number of rotatable bonds is 6. The minimum atomic E-state index is -0.990. The van der Waals surface area contributed by atoms with Gasteiger partial charge in [-0.2, -0.15) is 0 Å². The Labute approximate surface area is 147 Å². The molecule has 5 nitrogen and oxygen atoms in total. The summed E-state index contributed by atoms with van der Waals surface area (Å²) in [6, 6.07) is 11.2. The number of ether oxygens (including phenoxy) is 1. The molecule has 1 aromatic heterocycles. The molecule has 3 rings (SSSR count). The number of anilines is 2. The first-order valence-corrected chi connectivity index (χ1v) is 8.28. The van der Waals surface area contributed by atoms with Crippen LogP contribution in [0.2, 0.25) is 0 Å². The summed E-state index contributed by atoms with van der Waals surface area (Å²) in [4.78, 5) is 18.0. The van der Waals surface area contributed by atoms with Crippen molar-refractivity contribution in [2.24, 2.45) is 0 Å². The molecule has 0 saturated heterocycles. The number of hydrogen-bond acceptors (Lipinski definition) is 5.